The lowest BCUT2D eigenvalue weighted by Gasteiger charge is -2.09. The molecule has 0 aromatic carbocycles. The largest absolute Gasteiger partial charge is 0.329 e. The zero-order valence-corrected chi connectivity index (χ0v) is 11.2. The fourth-order valence-electron chi connectivity index (χ4n) is 1.71. The zero-order valence-electron chi connectivity index (χ0n) is 10.4. The van der Waals surface area contributed by atoms with Crippen LogP contribution < -0.4 is 5.32 Å². The first-order valence-electron chi connectivity index (χ1n) is 6.03. The maximum Gasteiger partial charge on any atom is 0.150 e. The highest BCUT2D eigenvalue weighted by Gasteiger charge is 2.05. The van der Waals surface area contributed by atoms with Crippen molar-refractivity contribution in [1.82, 2.24) is 14.9 Å². The fraction of sp³-hybridized carbons (Fsp3) is 0.462. The van der Waals surface area contributed by atoms with Crippen molar-refractivity contribution < 1.29 is 0 Å². The minimum atomic E-state index is 0.703. The molecule has 0 saturated heterocycles. The molecule has 0 bridgehead atoms. The highest BCUT2D eigenvalue weighted by atomic mass is 32.1. The van der Waals surface area contributed by atoms with Crippen LogP contribution >= 0.6 is 11.3 Å². The number of imidazole rings is 1. The molecule has 0 aliphatic heterocycles. The second-order valence-electron chi connectivity index (χ2n) is 4.52. The van der Waals surface area contributed by atoms with Gasteiger partial charge in [0, 0.05) is 25.5 Å². The van der Waals surface area contributed by atoms with Crippen LogP contribution in [0.2, 0.25) is 0 Å². The van der Waals surface area contributed by atoms with Gasteiger partial charge in [0.25, 0.3) is 0 Å². The second-order valence-corrected chi connectivity index (χ2v) is 5.47. The standard InChI is InChI=1S/C13H19N3S/c1-11(2)10-14-5-7-16-8-6-15-13(16)12-4-3-9-17-12/h3-4,6,8-9,11,14H,5,7,10H2,1-2H3. The Morgan fingerprint density at radius 1 is 1.47 bits per heavy atom. The first kappa shape index (κ1) is 12.3. The minimum Gasteiger partial charge on any atom is -0.329 e. The molecule has 2 aromatic heterocycles. The zero-order chi connectivity index (χ0) is 12.1. The van der Waals surface area contributed by atoms with Gasteiger partial charge in [-0.25, -0.2) is 4.98 Å². The van der Waals surface area contributed by atoms with Gasteiger partial charge in [-0.2, -0.15) is 0 Å². The van der Waals surface area contributed by atoms with E-state index < -0.39 is 0 Å². The molecule has 0 radical (unpaired) electrons. The van der Waals surface area contributed by atoms with Gasteiger partial charge in [0.15, 0.2) is 0 Å². The summed E-state index contributed by atoms with van der Waals surface area (Å²) in [6, 6.07) is 4.18. The molecule has 0 aliphatic carbocycles. The van der Waals surface area contributed by atoms with E-state index in [-0.39, 0.29) is 0 Å². The van der Waals surface area contributed by atoms with E-state index in [1.807, 2.05) is 12.4 Å². The van der Waals surface area contributed by atoms with E-state index in [0.29, 0.717) is 5.92 Å². The summed E-state index contributed by atoms with van der Waals surface area (Å²) in [6.45, 7) is 7.48. The van der Waals surface area contributed by atoms with E-state index in [2.05, 4.69) is 46.2 Å². The van der Waals surface area contributed by atoms with E-state index in [1.165, 1.54) is 4.88 Å². The Morgan fingerprint density at radius 2 is 2.35 bits per heavy atom. The van der Waals surface area contributed by atoms with Crippen molar-refractivity contribution in [3.8, 4) is 10.7 Å². The predicted molar refractivity (Wildman–Crippen MR) is 73.2 cm³/mol. The molecule has 0 fully saturated rings. The molecule has 3 nitrogen and oxygen atoms in total. The summed E-state index contributed by atoms with van der Waals surface area (Å²) in [5.74, 6) is 1.78. The molecular formula is C13H19N3S. The third-order valence-corrected chi connectivity index (χ3v) is 3.40. The highest BCUT2D eigenvalue weighted by Crippen LogP contribution is 2.22. The van der Waals surface area contributed by atoms with Gasteiger partial charge in [-0.05, 0) is 23.9 Å². The molecule has 0 unspecified atom stereocenters. The van der Waals surface area contributed by atoms with Crippen LogP contribution in [0.4, 0.5) is 0 Å². The van der Waals surface area contributed by atoms with Crippen molar-refractivity contribution >= 4 is 11.3 Å². The lowest BCUT2D eigenvalue weighted by atomic mass is 10.2. The molecule has 4 heteroatoms. The number of hydrogen-bond donors (Lipinski definition) is 1. The first-order chi connectivity index (χ1) is 8.27. The van der Waals surface area contributed by atoms with Crippen LogP contribution in [0.3, 0.4) is 0 Å². The van der Waals surface area contributed by atoms with Crippen LogP contribution in [0.5, 0.6) is 0 Å². The van der Waals surface area contributed by atoms with Gasteiger partial charge in [-0.15, -0.1) is 11.3 Å². The number of hydrogen-bond acceptors (Lipinski definition) is 3. The summed E-state index contributed by atoms with van der Waals surface area (Å²) in [7, 11) is 0. The Bertz CT molecular complexity index is 431. The molecule has 17 heavy (non-hydrogen) atoms. The van der Waals surface area contributed by atoms with Gasteiger partial charge in [-0.3, -0.25) is 0 Å². The van der Waals surface area contributed by atoms with E-state index >= 15 is 0 Å². The summed E-state index contributed by atoms with van der Waals surface area (Å²) in [5, 5.41) is 5.54. The lowest BCUT2D eigenvalue weighted by Crippen LogP contribution is -2.24. The molecule has 2 aromatic rings. The van der Waals surface area contributed by atoms with E-state index in [0.717, 1.165) is 25.5 Å². The Hall–Kier alpha value is -1.13. The topological polar surface area (TPSA) is 29.9 Å². The van der Waals surface area contributed by atoms with Gasteiger partial charge < -0.3 is 9.88 Å². The predicted octanol–water partition coefficient (Wildman–Crippen LogP) is 2.86. The van der Waals surface area contributed by atoms with Crippen LogP contribution in [-0.4, -0.2) is 22.6 Å². The van der Waals surface area contributed by atoms with Crippen molar-refractivity contribution in [2.75, 3.05) is 13.1 Å². The molecule has 2 rings (SSSR count). The molecular weight excluding hydrogens is 230 g/mol. The normalized spacial score (nSPS) is 11.2. The quantitative estimate of drug-likeness (QED) is 0.798. The molecule has 0 aliphatic rings. The lowest BCUT2D eigenvalue weighted by molar-refractivity contribution is 0.526. The van der Waals surface area contributed by atoms with Gasteiger partial charge in [0.2, 0.25) is 0 Å². The third kappa shape index (κ3) is 3.41. The number of rotatable bonds is 6. The van der Waals surface area contributed by atoms with Crippen LogP contribution in [-0.2, 0) is 6.54 Å². The summed E-state index contributed by atoms with van der Waals surface area (Å²) in [6.07, 6.45) is 3.92. The maximum atomic E-state index is 4.42. The maximum absolute atomic E-state index is 4.42. The Labute approximate surface area is 107 Å². The number of aromatic nitrogens is 2. The molecule has 0 spiro atoms. The molecule has 2 heterocycles. The summed E-state index contributed by atoms with van der Waals surface area (Å²) in [5.41, 5.74) is 0. The van der Waals surface area contributed by atoms with Gasteiger partial charge >= 0.3 is 0 Å². The highest BCUT2D eigenvalue weighted by molar-refractivity contribution is 7.13. The number of nitrogens with zero attached hydrogens (tertiary/aromatic N) is 2. The summed E-state index contributed by atoms with van der Waals surface area (Å²) < 4.78 is 2.21. The fourth-order valence-corrected chi connectivity index (χ4v) is 2.45. The van der Waals surface area contributed by atoms with Crippen LogP contribution in [0.1, 0.15) is 13.8 Å². The van der Waals surface area contributed by atoms with Gasteiger partial charge in [-0.1, -0.05) is 19.9 Å². The van der Waals surface area contributed by atoms with E-state index in [4.69, 9.17) is 0 Å². The Kier molecular flexibility index (Phi) is 4.34. The summed E-state index contributed by atoms with van der Waals surface area (Å²) >= 11 is 1.74. The van der Waals surface area contributed by atoms with Crippen molar-refractivity contribution in [3.05, 3.63) is 29.9 Å². The Morgan fingerprint density at radius 3 is 3.06 bits per heavy atom. The first-order valence-corrected chi connectivity index (χ1v) is 6.91. The number of nitrogens with one attached hydrogen (secondary N) is 1. The van der Waals surface area contributed by atoms with Gasteiger partial charge in [0.1, 0.15) is 5.82 Å². The average Bonchev–Trinajstić information content (AvgIpc) is 2.94. The second kappa shape index (κ2) is 5.98. The number of thiophene rings is 1. The van der Waals surface area contributed by atoms with Crippen molar-refractivity contribution in [2.45, 2.75) is 20.4 Å². The van der Waals surface area contributed by atoms with Crippen LogP contribution in [0.15, 0.2) is 29.9 Å². The van der Waals surface area contributed by atoms with E-state index in [9.17, 15) is 0 Å². The van der Waals surface area contributed by atoms with Crippen molar-refractivity contribution in [2.24, 2.45) is 5.92 Å². The van der Waals surface area contributed by atoms with Crippen LogP contribution in [0.25, 0.3) is 10.7 Å². The molecule has 1 N–H and O–H groups in total. The molecule has 0 amide bonds. The smallest absolute Gasteiger partial charge is 0.150 e. The SMILES string of the molecule is CC(C)CNCCn1ccnc1-c1cccs1. The average molecular weight is 249 g/mol. The Balaban J connectivity index is 1.91. The molecule has 0 saturated carbocycles. The van der Waals surface area contributed by atoms with Crippen molar-refractivity contribution in [3.63, 3.8) is 0 Å². The molecule has 92 valence electrons. The van der Waals surface area contributed by atoms with E-state index in [1.54, 1.807) is 11.3 Å². The monoisotopic (exact) mass is 249 g/mol. The van der Waals surface area contributed by atoms with Crippen LogP contribution in [0, 0.1) is 5.92 Å². The van der Waals surface area contributed by atoms with Crippen molar-refractivity contribution in [1.29, 1.82) is 0 Å². The third-order valence-electron chi connectivity index (χ3n) is 2.54. The molecule has 0 atom stereocenters. The van der Waals surface area contributed by atoms with Gasteiger partial charge in [0.05, 0.1) is 4.88 Å². The summed E-state index contributed by atoms with van der Waals surface area (Å²) in [4.78, 5) is 5.65. The minimum absolute atomic E-state index is 0.703.